The number of carbonyl (C=O) groups is 1. The van der Waals surface area contributed by atoms with Crippen LogP contribution in [0.2, 0.25) is 0 Å². The lowest BCUT2D eigenvalue weighted by Crippen LogP contribution is -2.43. The van der Waals surface area contributed by atoms with Crippen LogP contribution in [0.4, 0.5) is 13.2 Å². The fourth-order valence-corrected chi connectivity index (χ4v) is 2.41. The van der Waals surface area contributed by atoms with Crippen molar-refractivity contribution in [3.8, 4) is 0 Å². The third-order valence-corrected chi connectivity index (χ3v) is 3.54. The molecule has 116 valence electrons. The summed E-state index contributed by atoms with van der Waals surface area (Å²) in [6.07, 6.45) is -4.36. The Morgan fingerprint density at radius 2 is 1.90 bits per heavy atom. The van der Waals surface area contributed by atoms with Crippen LogP contribution in [0.1, 0.15) is 44.4 Å². The van der Waals surface area contributed by atoms with Gasteiger partial charge in [0.25, 0.3) is 0 Å². The number of carbonyl (C=O) groups excluding carboxylic acids is 1. The van der Waals surface area contributed by atoms with Crippen LogP contribution in [0.3, 0.4) is 0 Å². The first kappa shape index (κ1) is 15.8. The Morgan fingerprint density at radius 1 is 1.24 bits per heavy atom. The summed E-state index contributed by atoms with van der Waals surface area (Å²) in [5.74, 6) is -0.378. The molecule has 1 aliphatic rings. The predicted octanol–water partition coefficient (Wildman–Crippen LogP) is 3.32. The van der Waals surface area contributed by atoms with Gasteiger partial charge in [0.2, 0.25) is 5.91 Å². The molecule has 0 aromatic heterocycles. The fourth-order valence-electron chi connectivity index (χ4n) is 2.41. The highest BCUT2D eigenvalue weighted by Gasteiger charge is 2.47. The molecule has 0 spiro atoms. The number of rotatable bonds is 2. The quantitative estimate of drug-likeness (QED) is 0.908. The minimum atomic E-state index is -4.45. The third-order valence-electron chi connectivity index (χ3n) is 3.54. The lowest BCUT2D eigenvalue weighted by Gasteiger charge is -2.30. The number of benzene rings is 1. The molecule has 1 atom stereocenters. The Kier molecular flexibility index (Phi) is 4.02. The van der Waals surface area contributed by atoms with E-state index in [-0.39, 0.29) is 29.9 Å². The molecule has 1 fully saturated rings. The van der Waals surface area contributed by atoms with Crippen molar-refractivity contribution < 1.29 is 18.0 Å². The Labute approximate surface area is 122 Å². The van der Waals surface area contributed by atoms with Gasteiger partial charge in [0.1, 0.15) is 6.04 Å². The van der Waals surface area contributed by atoms with Gasteiger partial charge in [-0.05, 0) is 16.5 Å². The van der Waals surface area contributed by atoms with E-state index < -0.39 is 12.2 Å². The van der Waals surface area contributed by atoms with Gasteiger partial charge in [-0.25, -0.2) is 5.01 Å². The number of hydrogen-bond acceptors (Lipinski definition) is 2. The topological polar surface area (TPSA) is 32.3 Å². The van der Waals surface area contributed by atoms with E-state index in [1.807, 2.05) is 26.8 Å². The molecule has 0 radical (unpaired) electrons. The highest BCUT2D eigenvalue weighted by atomic mass is 19.4. The van der Waals surface area contributed by atoms with Crippen molar-refractivity contribution in [1.29, 1.82) is 0 Å². The third kappa shape index (κ3) is 3.56. The maximum atomic E-state index is 13.4. The average molecular weight is 300 g/mol. The Balaban J connectivity index is 2.40. The van der Waals surface area contributed by atoms with E-state index in [0.29, 0.717) is 0 Å². The van der Waals surface area contributed by atoms with Crippen molar-refractivity contribution in [3.63, 3.8) is 0 Å². The molecule has 1 aromatic carbocycles. The summed E-state index contributed by atoms with van der Waals surface area (Å²) in [7, 11) is 0. The van der Waals surface area contributed by atoms with Crippen LogP contribution in [0.5, 0.6) is 0 Å². The summed E-state index contributed by atoms with van der Waals surface area (Å²) in [5.41, 5.74) is 3.04. The van der Waals surface area contributed by atoms with Crippen molar-refractivity contribution in [2.75, 3.05) is 6.54 Å². The molecule has 6 heteroatoms. The number of alkyl halides is 3. The summed E-state index contributed by atoms with van der Waals surface area (Å²) in [6.45, 7) is 5.91. The molecular formula is C15H19F3N2O. The highest BCUT2D eigenvalue weighted by Crippen LogP contribution is 2.39. The summed E-state index contributed by atoms with van der Waals surface area (Å²) in [5, 5.41) is 0.976. The van der Waals surface area contributed by atoms with Gasteiger partial charge in [-0.2, -0.15) is 13.2 Å². The molecule has 1 amide bonds. The van der Waals surface area contributed by atoms with Gasteiger partial charge in [-0.3, -0.25) is 10.2 Å². The molecule has 3 nitrogen and oxygen atoms in total. The fraction of sp³-hybridized carbons (Fsp3) is 0.533. The number of hydrazine groups is 1. The van der Waals surface area contributed by atoms with Crippen molar-refractivity contribution in [1.82, 2.24) is 10.4 Å². The van der Waals surface area contributed by atoms with Crippen LogP contribution in [0.25, 0.3) is 0 Å². The molecular weight excluding hydrogens is 281 g/mol. The SMILES string of the molecule is CC(C)(C)c1cccc([C@H](N2CCC(=O)N2)C(F)(F)F)c1. The lowest BCUT2D eigenvalue weighted by atomic mass is 9.85. The second-order valence-electron chi connectivity index (χ2n) is 6.30. The van der Waals surface area contributed by atoms with Crippen LogP contribution in [0, 0.1) is 0 Å². The average Bonchev–Trinajstić information content (AvgIpc) is 2.73. The van der Waals surface area contributed by atoms with Gasteiger partial charge in [0, 0.05) is 13.0 Å². The smallest absolute Gasteiger partial charge is 0.288 e. The maximum absolute atomic E-state index is 13.4. The molecule has 1 saturated heterocycles. The Bertz CT molecular complexity index is 534. The van der Waals surface area contributed by atoms with E-state index in [2.05, 4.69) is 5.43 Å². The molecule has 1 aliphatic heterocycles. The Morgan fingerprint density at radius 3 is 2.38 bits per heavy atom. The predicted molar refractivity (Wildman–Crippen MR) is 73.4 cm³/mol. The standard InChI is InChI=1S/C15H19F3N2O/c1-14(2,3)11-6-4-5-10(9-11)13(15(16,17)18)20-8-7-12(21)19-20/h4-6,9,13H,7-8H2,1-3H3,(H,19,21)/t13-/m0/s1. The van der Waals surface area contributed by atoms with E-state index >= 15 is 0 Å². The van der Waals surface area contributed by atoms with Crippen LogP contribution >= 0.6 is 0 Å². The number of halogens is 3. The van der Waals surface area contributed by atoms with E-state index in [4.69, 9.17) is 0 Å². The molecule has 0 aliphatic carbocycles. The van der Waals surface area contributed by atoms with Crippen molar-refractivity contribution in [3.05, 3.63) is 35.4 Å². The zero-order valence-corrected chi connectivity index (χ0v) is 12.3. The monoisotopic (exact) mass is 300 g/mol. The zero-order valence-electron chi connectivity index (χ0n) is 12.3. The molecule has 2 rings (SSSR count). The molecule has 0 bridgehead atoms. The van der Waals surface area contributed by atoms with E-state index in [1.165, 1.54) is 6.07 Å². The lowest BCUT2D eigenvalue weighted by molar-refractivity contribution is -0.191. The van der Waals surface area contributed by atoms with Crippen molar-refractivity contribution in [2.45, 2.75) is 44.8 Å². The normalized spacial score (nSPS) is 18.7. The summed E-state index contributed by atoms with van der Waals surface area (Å²) in [4.78, 5) is 11.2. The number of nitrogens with zero attached hydrogens (tertiary/aromatic N) is 1. The molecule has 1 aromatic rings. The number of amides is 1. The minimum absolute atomic E-state index is 0.0583. The summed E-state index contributed by atoms with van der Waals surface area (Å²) < 4.78 is 40.3. The summed E-state index contributed by atoms with van der Waals surface area (Å²) in [6, 6.07) is 4.67. The maximum Gasteiger partial charge on any atom is 0.409 e. The highest BCUT2D eigenvalue weighted by molar-refractivity contribution is 5.77. The van der Waals surface area contributed by atoms with Crippen LogP contribution in [0.15, 0.2) is 24.3 Å². The first-order valence-electron chi connectivity index (χ1n) is 6.82. The van der Waals surface area contributed by atoms with E-state index in [9.17, 15) is 18.0 Å². The van der Waals surface area contributed by atoms with Gasteiger partial charge in [-0.1, -0.05) is 45.0 Å². The first-order chi connectivity index (χ1) is 9.59. The number of nitrogens with one attached hydrogen (secondary N) is 1. The van der Waals surface area contributed by atoms with Gasteiger partial charge in [0.05, 0.1) is 0 Å². The van der Waals surface area contributed by atoms with Crippen LogP contribution in [-0.4, -0.2) is 23.6 Å². The van der Waals surface area contributed by atoms with Crippen molar-refractivity contribution >= 4 is 5.91 Å². The second-order valence-corrected chi connectivity index (χ2v) is 6.30. The minimum Gasteiger partial charge on any atom is -0.288 e. The second kappa shape index (κ2) is 5.33. The molecule has 0 unspecified atom stereocenters. The van der Waals surface area contributed by atoms with Gasteiger partial charge >= 0.3 is 6.18 Å². The molecule has 1 N–H and O–H groups in total. The van der Waals surface area contributed by atoms with E-state index in [0.717, 1.165) is 10.6 Å². The van der Waals surface area contributed by atoms with Gasteiger partial charge < -0.3 is 0 Å². The Hall–Kier alpha value is -1.56. The van der Waals surface area contributed by atoms with Crippen LogP contribution < -0.4 is 5.43 Å². The van der Waals surface area contributed by atoms with Crippen LogP contribution in [-0.2, 0) is 10.2 Å². The molecule has 0 saturated carbocycles. The van der Waals surface area contributed by atoms with Crippen molar-refractivity contribution in [2.24, 2.45) is 0 Å². The largest absolute Gasteiger partial charge is 0.409 e. The number of hydrogen-bond donors (Lipinski definition) is 1. The van der Waals surface area contributed by atoms with Gasteiger partial charge in [0.15, 0.2) is 0 Å². The first-order valence-corrected chi connectivity index (χ1v) is 6.82. The van der Waals surface area contributed by atoms with Gasteiger partial charge in [-0.15, -0.1) is 0 Å². The molecule has 1 heterocycles. The summed E-state index contributed by atoms with van der Waals surface area (Å²) >= 11 is 0. The van der Waals surface area contributed by atoms with E-state index in [1.54, 1.807) is 12.1 Å². The zero-order chi connectivity index (χ0) is 15.8. The molecule has 21 heavy (non-hydrogen) atoms.